The van der Waals surface area contributed by atoms with Crippen LogP contribution in [-0.4, -0.2) is 13.1 Å². The number of rotatable bonds is 2. The predicted molar refractivity (Wildman–Crippen MR) is 89.2 cm³/mol. The van der Waals surface area contributed by atoms with Gasteiger partial charge in [-0.2, -0.15) is 0 Å². The molecule has 20 heavy (non-hydrogen) atoms. The molecule has 1 fully saturated rings. The third kappa shape index (κ3) is 2.98. The molecule has 3 rings (SSSR count). The Morgan fingerprint density at radius 3 is 2.10 bits per heavy atom. The van der Waals surface area contributed by atoms with Crippen LogP contribution in [0, 0.1) is 0 Å². The molecule has 0 aromatic heterocycles. The molecule has 0 radical (unpaired) electrons. The number of halogens is 1. The molecule has 104 valence electrons. The summed E-state index contributed by atoms with van der Waals surface area (Å²) >= 11 is 3.49. The van der Waals surface area contributed by atoms with Gasteiger partial charge in [-0.3, -0.25) is 0 Å². The van der Waals surface area contributed by atoms with Gasteiger partial charge in [0.15, 0.2) is 0 Å². The summed E-state index contributed by atoms with van der Waals surface area (Å²) in [7, 11) is 0. The van der Waals surface area contributed by atoms with Crippen LogP contribution in [-0.2, 0) is 0 Å². The first-order chi connectivity index (χ1) is 9.72. The van der Waals surface area contributed by atoms with Gasteiger partial charge in [0.2, 0.25) is 0 Å². The Balaban J connectivity index is 1.64. The van der Waals surface area contributed by atoms with E-state index in [1.54, 1.807) is 0 Å². The highest BCUT2D eigenvalue weighted by Gasteiger charge is 2.20. The minimum atomic E-state index is 0.669. The molecule has 1 heterocycles. The number of nitrogen functional groups attached to an aromatic ring is 1. The predicted octanol–water partition coefficient (Wildman–Crippen LogP) is 4.42. The van der Waals surface area contributed by atoms with Gasteiger partial charge in [-0.1, -0.05) is 28.1 Å². The first kappa shape index (κ1) is 13.5. The number of nitrogens with zero attached hydrogens (tertiary/aromatic N) is 1. The van der Waals surface area contributed by atoms with Gasteiger partial charge in [0.25, 0.3) is 0 Å². The monoisotopic (exact) mass is 330 g/mol. The molecule has 1 aliphatic rings. The summed E-state index contributed by atoms with van der Waals surface area (Å²) in [6.07, 6.45) is 2.42. The minimum absolute atomic E-state index is 0.669. The van der Waals surface area contributed by atoms with Crippen molar-refractivity contribution >= 4 is 27.3 Å². The molecule has 0 atom stereocenters. The van der Waals surface area contributed by atoms with E-state index in [4.69, 9.17) is 5.73 Å². The molecule has 0 amide bonds. The molecule has 1 saturated heterocycles. The number of hydrogen-bond acceptors (Lipinski definition) is 2. The number of nitrogens with two attached hydrogens (primary N) is 1. The van der Waals surface area contributed by atoms with E-state index >= 15 is 0 Å². The van der Waals surface area contributed by atoms with Crippen LogP contribution in [0.15, 0.2) is 53.0 Å². The second-order valence-corrected chi connectivity index (χ2v) is 6.32. The maximum absolute atomic E-state index is 5.75. The van der Waals surface area contributed by atoms with Gasteiger partial charge >= 0.3 is 0 Å². The van der Waals surface area contributed by atoms with Crippen LogP contribution in [0.5, 0.6) is 0 Å². The van der Waals surface area contributed by atoms with Crippen LogP contribution in [0.25, 0.3) is 0 Å². The van der Waals surface area contributed by atoms with Gasteiger partial charge in [-0.05, 0) is 60.7 Å². The SMILES string of the molecule is Nc1ccc(C2CCN(c3ccc(Br)cc3)CC2)cc1. The summed E-state index contributed by atoms with van der Waals surface area (Å²) in [6, 6.07) is 17.0. The van der Waals surface area contributed by atoms with Gasteiger partial charge < -0.3 is 10.6 Å². The standard InChI is InChI=1S/C17H19BrN2/c18-15-3-7-17(8-4-15)20-11-9-14(10-12-20)13-1-5-16(19)6-2-13/h1-8,14H,9-12,19H2. The molecule has 2 N–H and O–H groups in total. The molecule has 2 aromatic carbocycles. The molecule has 0 spiro atoms. The maximum atomic E-state index is 5.75. The largest absolute Gasteiger partial charge is 0.399 e. The average molecular weight is 331 g/mol. The van der Waals surface area contributed by atoms with Crippen molar-refractivity contribution in [3.05, 3.63) is 58.6 Å². The molecule has 2 nitrogen and oxygen atoms in total. The van der Waals surface area contributed by atoms with E-state index in [0.29, 0.717) is 5.92 Å². The molecule has 0 saturated carbocycles. The van der Waals surface area contributed by atoms with E-state index in [-0.39, 0.29) is 0 Å². The van der Waals surface area contributed by atoms with E-state index in [0.717, 1.165) is 23.2 Å². The van der Waals surface area contributed by atoms with Crippen molar-refractivity contribution in [2.45, 2.75) is 18.8 Å². The van der Waals surface area contributed by atoms with E-state index in [1.807, 2.05) is 12.1 Å². The van der Waals surface area contributed by atoms with Crippen molar-refractivity contribution in [3.8, 4) is 0 Å². The Labute approximate surface area is 128 Å². The van der Waals surface area contributed by atoms with Crippen molar-refractivity contribution in [1.82, 2.24) is 0 Å². The molecule has 0 aliphatic carbocycles. The van der Waals surface area contributed by atoms with Gasteiger partial charge in [-0.25, -0.2) is 0 Å². The zero-order valence-electron chi connectivity index (χ0n) is 11.4. The van der Waals surface area contributed by atoms with Crippen LogP contribution in [0.3, 0.4) is 0 Å². The zero-order valence-corrected chi connectivity index (χ0v) is 13.0. The second kappa shape index (κ2) is 5.88. The quantitative estimate of drug-likeness (QED) is 0.826. The van der Waals surface area contributed by atoms with Gasteiger partial charge in [0.1, 0.15) is 0 Å². The summed E-state index contributed by atoms with van der Waals surface area (Å²) in [6.45, 7) is 2.24. The highest BCUT2D eigenvalue weighted by atomic mass is 79.9. The molecule has 0 bridgehead atoms. The van der Waals surface area contributed by atoms with Crippen LogP contribution in [0.4, 0.5) is 11.4 Å². The van der Waals surface area contributed by atoms with E-state index in [2.05, 4.69) is 57.2 Å². The normalized spacial score (nSPS) is 16.4. The van der Waals surface area contributed by atoms with E-state index in [9.17, 15) is 0 Å². The Kier molecular flexibility index (Phi) is 3.97. The first-order valence-electron chi connectivity index (χ1n) is 7.08. The summed E-state index contributed by atoms with van der Waals surface area (Å²) in [5, 5.41) is 0. The lowest BCUT2D eigenvalue weighted by molar-refractivity contribution is 0.505. The number of anilines is 2. The van der Waals surface area contributed by atoms with Gasteiger partial charge in [0.05, 0.1) is 0 Å². The number of benzene rings is 2. The zero-order chi connectivity index (χ0) is 13.9. The van der Waals surface area contributed by atoms with Crippen molar-refractivity contribution in [1.29, 1.82) is 0 Å². The molecule has 1 aliphatic heterocycles. The Morgan fingerprint density at radius 2 is 1.50 bits per heavy atom. The van der Waals surface area contributed by atoms with E-state index < -0.39 is 0 Å². The number of piperidine rings is 1. The number of hydrogen-bond donors (Lipinski definition) is 1. The summed E-state index contributed by atoms with van der Waals surface area (Å²) < 4.78 is 1.14. The lowest BCUT2D eigenvalue weighted by Crippen LogP contribution is -2.32. The van der Waals surface area contributed by atoms with Gasteiger partial charge in [-0.15, -0.1) is 0 Å². The smallest absolute Gasteiger partial charge is 0.0366 e. The molecular formula is C17H19BrN2. The minimum Gasteiger partial charge on any atom is -0.399 e. The summed E-state index contributed by atoms with van der Waals surface area (Å²) in [4.78, 5) is 2.47. The fraction of sp³-hybridized carbons (Fsp3) is 0.294. The van der Waals surface area contributed by atoms with Crippen LogP contribution < -0.4 is 10.6 Å². The topological polar surface area (TPSA) is 29.3 Å². The second-order valence-electron chi connectivity index (χ2n) is 5.40. The average Bonchev–Trinajstić information content (AvgIpc) is 2.49. The molecular weight excluding hydrogens is 312 g/mol. The Hall–Kier alpha value is -1.48. The van der Waals surface area contributed by atoms with E-state index in [1.165, 1.54) is 24.1 Å². The van der Waals surface area contributed by atoms with Crippen LogP contribution in [0.1, 0.15) is 24.3 Å². The van der Waals surface area contributed by atoms with Gasteiger partial charge in [0, 0.05) is 28.9 Å². The third-order valence-corrected chi connectivity index (χ3v) is 4.62. The molecule has 2 aromatic rings. The lowest BCUT2D eigenvalue weighted by Gasteiger charge is -2.34. The van der Waals surface area contributed by atoms with Crippen LogP contribution in [0.2, 0.25) is 0 Å². The first-order valence-corrected chi connectivity index (χ1v) is 7.87. The lowest BCUT2D eigenvalue weighted by atomic mass is 9.89. The van der Waals surface area contributed by atoms with Crippen molar-refractivity contribution in [2.24, 2.45) is 0 Å². The molecule has 3 heteroatoms. The third-order valence-electron chi connectivity index (χ3n) is 4.09. The Bertz CT molecular complexity index is 501. The van der Waals surface area contributed by atoms with Crippen molar-refractivity contribution in [2.75, 3.05) is 23.7 Å². The van der Waals surface area contributed by atoms with Crippen molar-refractivity contribution in [3.63, 3.8) is 0 Å². The summed E-state index contributed by atoms with van der Waals surface area (Å²) in [5.74, 6) is 0.669. The van der Waals surface area contributed by atoms with Crippen molar-refractivity contribution < 1.29 is 0 Å². The highest BCUT2D eigenvalue weighted by Crippen LogP contribution is 2.31. The molecule has 0 unspecified atom stereocenters. The maximum Gasteiger partial charge on any atom is 0.0366 e. The fourth-order valence-electron chi connectivity index (χ4n) is 2.89. The van der Waals surface area contributed by atoms with Crippen LogP contribution >= 0.6 is 15.9 Å². The Morgan fingerprint density at radius 1 is 0.900 bits per heavy atom. The summed E-state index contributed by atoms with van der Waals surface area (Å²) in [5.41, 5.74) is 9.35. The highest BCUT2D eigenvalue weighted by molar-refractivity contribution is 9.10. The fourth-order valence-corrected chi connectivity index (χ4v) is 3.16.